The van der Waals surface area contributed by atoms with Gasteiger partial charge in [-0.25, -0.2) is 0 Å². The second kappa shape index (κ2) is 3.93. The number of hydrogen-bond donors (Lipinski definition) is 0. The standard InChI is InChI=1S/C6H6.Cr/c1-2-4-6-5-3-1;/h1-6H;. The molecule has 0 aliphatic rings. The van der Waals surface area contributed by atoms with Gasteiger partial charge in [-0.3, -0.25) is 0 Å². The molecule has 0 aliphatic heterocycles. The van der Waals surface area contributed by atoms with Gasteiger partial charge in [0.25, 0.3) is 0 Å². The van der Waals surface area contributed by atoms with E-state index >= 15 is 0 Å². The van der Waals surface area contributed by atoms with E-state index in [0.717, 1.165) is 0 Å². The van der Waals surface area contributed by atoms with Gasteiger partial charge in [-0.1, -0.05) is 36.4 Å². The molecule has 0 aliphatic carbocycles. The van der Waals surface area contributed by atoms with Crippen LogP contribution in [0.5, 0.6) is 0 Å². The zero-order valence-corrected chi connectivity index (χ0v) is 5.15. The van der Waals surface area contributed by atoms with Crippen molar-refractivity contribution in [3.05, 3.63) is 36.4 Å². The summed E-state index contributed by atoms with van der Waals surface area (Å²) in [5.74, 6) is 0. The molecule has 1 heteroatoms. The van der Waals surface area contributed by atoms with E-state index in [9.17, 15) is 0 Å². The number of rotatable bonds is 0. The number of hydrogen-bond acceptors (Lipinski definition) is 0. The zero-order chi connectivity index (χ0) is 4.24. The Morgan fingerprint density at radius 2 is 0.571 bits per heavy atom. The zero-order valence-electron chi connectivity index (χ0n) is 3.87. The van der Waals surface area contributed by atoms with Gasteiger partial charge in [0.2, 0.25) is 0 Å². The Bertz CT molecular complexity index is 76.1. The summed E-state index contributed by atoms with van der Waals surface area (Å²) in [6.45, 7) is 0. The van der Waals surface area contributed by atoms with Gasteiger partial charge in [0.05, 0.1) is 0 Å². The average molecular weight is 130 g/mol. The van der Waals surface area contributed by atoms with Gasteiger partial charge in [-0.2, -0.15) is 0 Å². The molecule has 0 N–H and O–H groups in total. The van der Waals surface area contributed by atoms with Crippen molar-refractivity contribution in [2.75, 3.05) is 0 Å². The Morgan fingerprint density at radius 1 is 0.429 bits per heavy atom. The molecule has 0 fully saturated rings. The molecule has 0 amide bonds. The van der Waals surface area contributed by atoms with Gasteiger partial charge in [-0.15, -0.1) is 0 Å². The average Bonchev–Trinajstić information content (AvgIpc) is 1.72. The van der Waals surface area contributed by atoms with Crippen LogP contribution in [0.15, 0.2) is 36.4 Å². The fraction of sp³-hybridized carbons (Fsp3) is 0. The first kappa shape index (κ1) is 6.75. The molecule has 1 aromatic carbocycles. The van der Waals surface area contributed by atoms with E-state index in [1.807, 2.05) is 36.4 Å². The van der Waals surface area contributed by atoms with Crippen LogP contribution in [0.25, 0.3) is 0 Å². The van der Waals surface area contributed by atoms with Gasteiger partial charge in [-0.05, 0) is 0 Å². The predicted molar refractivity (Wildman–Crippen MR) is 26.4 cm³/mol. The first-order chi connectivity index (χ1) is 3.00. The predicted octanol–water partition coefficient (Wildman–Crippen LogP) is 1.68. The van der Waals surface area contributed by atoms with E-state index in [1.54, 1.807) is 0 Å². The van der Waals surface area contributed by atoms with E-state index in [4.69, 9.17) is 0 Å². The topological polar surface area (TPSA) is 0 Å². The molecule has 0 saturated heterocycles. The molecule has 1 rings (SSSR count). The van der Waals surface area contributed by atoms with Crippen LogP contribution in [0.4, 0.5) is 0 Å². The van der Waals surface area contributed by atoms with Crippen molar-refractivity contribution in [3.63, 3.8) is 0 Å². The second-order valence-corrected chi connectivity index (χ2v) is 1.15. The SMILES string of the molecule is [Cr].c1ccccc1. The third-order valence-corrected chi connectivity index (χ3v) is 0.667. The third-order valence-electron chi connectivity index (χ3n) is 0.667. The molecule has 36 valence electrons. The molecule has 0 nitrogen and oxygen atoms in total. The van der Waals surface area contributed by atoms with Crippen LogP contribution in [0.1, 0.15) is 0 Å². The Labute approximate surface area is 54.3 Å². The normalized spacial score (nSPS) is 6.86. The van der Waals surface area contributed by atoms with Crippen molar-refractivity contribution in [2.45, 2.75) is 0 Å². The summed E-state index contributed by atoms with van der Waals surface area (Å²) in [5, 5.41) is 0. The summed E-state index contributed by atoms with van der Waals surface area (Å²) in [7, 11) is 0. The summed E-state index contributed by atoms with van der Waals surface area (Å²) in [6, 6.07) is 12.0. The van der Waals surface area contributed by atoms with Crippen LogP contribution in [-0.2, 0) is 17.4 Å². The summed E-state index contributed by atoms with van der Waals surface area (Å²) in [6.07, 6.45) is 0. The van der Waals surface area contributed by atoms with Crippen LogP contribution in [0.3, 0.4) is 0 Å². The molecule has 0 heterocycles. The van der Waals surface area contributed by atoms with Crippen LogP contribution in [0.2, 0.25) is 0 Å². The van der Waals surface area contributed by atoms with Crippen LogP contribution in [0, 0.1) is 0 Å². The molecule has 1 aromatic rings. The summed E-state index contributed by atoms with van der Waals surface area (Å²) >= 11 is 0. The molecule has 0 unspecified atom stereocenters. The monoisotopic (exact) mass is 130 g/mol. The molecule has 0 radical (unpaired) electrons. The quantitative estimate of drug-likeness (QED) is 0.501. The van der Waals surface area contributed by atoms with Crippen LogP contribution < -0.4 is 0 Å². The fourth-order valence-electron chi connectivity index (χ4n) is 0.385. The first-order valence-corrected chi connectivity index (χ1v) is 2.00. The van der Waals surface area contributed by atoms with Crippen molar-refractivity contribution in [2.24, 2.45) is 0 Å². The molecule has 0 spiro atoms. The molecular formula is C6H6Cr. The van der Waals surface area contributed by atoms with Crippen molar-refractivity contribution >= 4 is 0 Å². The molecule has 7 heavy (non-hydrogen) atoms. The van der Waals surface area contributed by atoms with Gasteiger partial charge < -0.3 is 0 Å². The van der Waals surface area contributed by atoms with E-state index in [1.165, 1.54) is 0 Å². The van der Waals surface area contributed by atoms with E-state index in [0.29, 0.717) is 0 Å². The Kier molecular flexibility index (Phi) is 3.79. The molecule has 0 atom stereocenters. The van der Waals surface area contributed by atoms with Crippen molar-refractivity contribution in [1.82, 2.24) is 0 Å². The molecule has 0 aromatic heterocycles. The smallest absolute Gasteiger partial charge is 0 e. The van der Waals surface area contributed by atoms with E-state index < -0.39 is 0 Å². The molecular weight excluding hydrogens is 124 g/mol. The molecule has 0 bridgehead atoms. The van der Waals surface area contributed by atoms with Crippen molar-refractivity contribution in [3.8, 4) is 0 Å². The minimum atomic E-state index is 0. The maximum Gasteiger partial charge on any atom is 0 e. The Morgan fingerprint density at radius 3 is 0.714 bits per heavy atom. The Hall–Kier alpha value is -0.248. The minimum Gasteiger partial charge on any atom is -0.0623 e. The van der Waals surface area contributed by atoms with E-state index in [-0.39, 0.29) is 17.4 Å². The maximum atomic E-state index is 2.00. The minimum absolute atomic E-state index is 0. The van der Waals surface area contributed by atoms with Gasteiger partial charge in [0, 0.05) is 17.4 Å². The van der Waals surface area contributed by atoms with Crippen LogP contribution in [-0.4, -0.2) is 0 Å². The van der Waals surface area contributed by atoms with Gasteiger partial charge >= 0.3 is 0 Å². The number of benzene rings is 1. The van der Waals surface area contributed by atoms with Crippen LogP contribution >= 0.6 is 0 Å². The maximum absolute atomic E-state index is 2.00. The van der Waals surface area contributed by atoms with Gasteiger partial charge in [0.1, 0.15) is 0 Å². The molecule has 0 saturated carbocycles. The van der Waals surface area contributed by atoms with E-state index in [2.05, 4.69) is 0 Å². The van der Waals surface area contributed by atoms with Crippen molar-refractivity contribution < 1.29 is 17.4 Å². The fourth-order valence-corrected chi connectivity index (χ4v) is 0.385. The summed E-state index contributed by atoms with van der Waals surface area (Å²) in [4.78, 5) is 0. The Balaban J connectivity index is 0.000000360. The largest absolute Gasteiger partial charge is 0.0623 e. The first-order valence-electron chi connectivity index (χ1n) is 2.00. The van der Waals surface area contributed by atoms with Gasteiger partial charge in [0.15, 0.2) is 0 Å². The summed E-state index contributed by atoms with van der Waals surface area (Å²) < 4.78 is 0. The third kappa shape index (κ3) is 2.45. The second-order valence-electron chi connectivity index (χ2n) is 1.15. The van der Waals surface area contributed by atoms with Crippen molar-refractivity contribution in [1.29, 1.82) is 0 Å². The summed E-state index contributed by atoms with van der Waals surface area (Å²) in [5.41, 5.74) is 0.